The Morgan fingerprint density at radius 3 is 2.40 bits per heavy atom. The van der Waals surface area contributed by atoms with Gasteiger partial charge in [0.1, 0.15) is 0 Å². The van der Waals surface area contributed by atoms with Gasteiger partial charge in [0.15, 0.2) is 0 Å². The van der Waals surface area contributed by atoms with Crippen molar-refractivity contribution in [2.24, 2.45) is 17.3 Å². The number of rotatable bonds is 3. The smallest absolute Gasteiger partial charge is 0.248 e. The van der Waals surface area contributed by atoms with E-state index in [1.54, 1.807) is 0 Å². The summed E-state index contributed by atoms with van der Waals surface area (Å²) >= 11 is 0. The number of halogens is 2. The van der Waals surface area contributed by atoms with Crippen LogP contribution < -0.4 is 5.32 Å². The Hall–Kier alpha value is -0.670. The minimum atomic E-state index is -2.47. The number of carbonyl (C=O) groups is 1. The summed E-state index contributed by atoms with van der Waals surface area (Å²) in [6.07, 6.45) is 3.30. The molecule has 1 N–H and O–H groups in total. The molecule has 3 rings (SSSR count). The lowest BCUT2D eigenvalue weighted by Gasteiger charge is -2.34. The van der Waals surface area contributed by atoms with E-state index in [9.17, 15) is 13.6 Å². The van der Waals surface area contributed by atoms with Crippen molar-refractivity contribution in [2.45, 2.75) is 38.0 Å². The molecule has 0 bridgehead atoms. The van der Waals surface area contributed by atoms with Gasteiger partial charge >= 0.3 is 0 Å². The molecule has 15 heavy (non-hydrogen) atoms. The molecule has 84 valence electrons. The Morgan fingerprint density at radius 2 is 1.93 bits per heavy atom. The number of hydrogen-bond acceptors (Lipinski definition) is 1. The van der Waals surface area contributed by atoms with Crippen LogP contribution in [0.3, 0.4) is 0 Å². The fourth-order valence-corrected chi connectivity index (χ4v) is 2.73. The number of amides is 1. The minimum absolute atomic E-state index is 0.00199. The maximum Gasteiger partial charge on any atom is 0.248 e. The quantitative estimate of drug-likeness (QED) is 0.766. The molecule has 1 unspecified atom stereocenters. The van der Waals surface area contributed by atoms with Gasteiger partial charge in [0, 0.05) is 25.3 Å². The molecule has 0 aromatic heterocycles. The first kappa shape index (κ1) is 9.55. The molecule has 0 saturated heterocycles. The number of hydrogen-bond donors (Lipinski definition) is 1. The molecule has 3 aliphatic rings. The van der Waals surface area contributed by atoms with Crippen LogP contribution in [0, 0.1) is 17.3 Å². The number of alkyl halides is 2. The summed E-state index contributed by atoms with van der Waals surface area (Å²) in [7, 11) is 0. The van der Waals surface area contributed by atoms with Crippen LogP contribution in [0.25, 0.3) is 0 Å². The predicted octanol–water partition coefficient (Wildman–Crippen LogP) is 1.95. The number of carbonyl (C=O) groups excluding carboxylic acids is 1. The van der Waals surface area contributed by atoms with E-state index in [1.165, 1.54) is 12.8 Å². The topological polar surface area (TPSA) is 29.1 Å². The molecule has 1 spiro atoms. The van der Waals surface area contributed by atoms with E-state index in [0.717, 1.165) is 6.42 Å². The average Bonchev–Trinajstić information content (AvgIpc) is 3.00. The van der Waals surface area contributed by atoms with Crippen molar-refractivity contribution in [3.63, 3.8) is 0 Å². The van der Waals surface area contributed by atoms with Crippen molar-refractivity contribution in [1.29, 1.82) is 0 Å². The Bertz CT molecular complexity index is 304. The molecular weight excluding hydrogens is 200 g/mol. The maximum atomic E-state index is 12.5. The first-order chi connectivity index (χ1) is 7.01. The first-order valence-electron chi connectivity index (χ1n) is 5.66. The van der Waals surface area contributed by atoms with Gasteiger partial charge in [-0.25, -0.2) is 8.78 Å². The second kappa shape index (κ2) is 2.71. The zero-order valence-corrected chi connectivity index (χ0v) is 8.56. The van der Waals surface area contributed by atoms with E-state index in [4.69, 9.17) is 0 Å². The molecule has 4 heteroatoms. The molecule has 3 aliphatic carbocycles. The normalized spacial score (nSPS) is 34.7. The highest BCUT2D eigenvalue weighted by Crippen LogP contribution is 2.70. The Morgan fingerprint density at radius 1 is 1.27 bits per heavy atom. The van der Waals surface area contributed by atoms with Gasteiger partial charge in [0.2, 0.25) is 11.8 Å². The van der Waals surface area contributed by atoms with E-state index in [-0.39, 0.29) is 30.6 Å². The summed E-state index contributed by atoms with van der Waals surface area (Å²) < 4.78 is 25.0. The molecule has 0 heterocycles. The van der Waals surface area contributed by atoms with Crippen LogP contribution in [-0.4, -0.2) is 18.4 Å². The highest BCUT2D eigenvalue weighted by Gasteiger charge is 2.65. The highest BCUT2D eigenvalue weighted by atomic mass is 19.3. The van der Waals surface area contributed by atoms with E-state index in [0.29, 0.717) is 12.0 Å². The molecular formula is C11H15F2NO. The summed E-state index contributed by atoms with van der Waals surface area (Å²) in [5.41, 5.74) is 0.369. The summed E-state index contributed by atoms with van der Waals surface area (Å²) in [5, 5.41) is 2.81. The van der Waals surface area contributed by atoms with Crippen LogP contribution in [0.1, 0.15) is 32.1 Å². The second-order valence-electron chi connectivity index (χ2n) is 5.49. The van der Waals surface area contributed by atoms with Crippen LogP contribution >= 0.6 is 0 Å². The van der Waals surface area contributed by atoms with Gasteiger partial charge in [0.05, 0.1) is 0 Å². The van der Waals surface area contributed by atoms with Crippen LogP contribution in [0.5, 0.6) is 0 Å². The standard InChI is InChI=1S/C11H15F2NO/c12-11(13)3-7(4-11)6-14-9(15)8-5-10(8)1-2-10/h7-8H,1-6H2,(H,14,15). The van der Waals surface area contributed by atoms with Crippen LogP contribution in [0.2, 0.25) is 0 Å². The van der Waals surface area contributed by atoms with E-state index < -0.39 is 5.92 Å². The van der Waals surface area contributed by atoms with Gasteiger partial charge in [-0.15, -0.1) is 0 Å². The van der Waals surface area contributed by atoms with Crippen LogP contribution in [0.15, 0.2) is 0 Å². The summed E-state index contributed by atoms with van der Waals surface area (Å²) in [6.45, 7) is 0.445. The van der Waals surface area contributed by atoms with Crippen molar-refractivity contribution in [2.75, 3.05) is 6.54 Å². The summed E-state index contributed by atoms with van der Waals surface area (Å²) in [6, 6.07) is 0. The zero-order chi connectivity index (χ0) is 10.7. The minimum Gasteiger partial charge on any atom is -0.356 e. The van der Waals surface area contributed by atoms with Gasteiger partial charge in [-0.1, -0.05) is 0 Å². The van der Waals surface area contributed by atoms with Gasteiger partial charge in [0.25, 0.3) is 0 Å². The third-order valence-electron chi connectivity index (χ3n) is 4.14. The lowest BCUT2D eigenvalue weighted by atomic mass is 9.81. The SMILES string of the molecule is O=C(NCC1CC(F)(F)C1)C1CC12CC2. The molecule has 0 aliphatic heterocycles. The fraction of sp³-hybridized carbons (Fsp3) is 0.909. The highest BCUT2D eigenvalue weighted by molar-refractivity contribution is 5.83. The van der Waals surface area contributed by atoms with Crippen LogP contribution in [0.4, 0.5) is 8.78 Å². The number of nitrogens with one attached hydrogen (secondary N) is 1. The lowest BCUT2D eigenvalue weighted by molar-refractivity contribution is -0.127. The lowest BCUT2D eigenvalue weighted by Crippen LogP contribution is -2.42. The third-order valence-corrected chi connectivity index (χ3v) is 4.14. The van der Waals surface area contributed by atoms with Crippen molar-refractivity contribution in [3.05, 3.63) is 0 Å². The van der Waals surface area contributed by atoms with E-state index >= 15 is 0 Å². The second-order valence-corrected chi connectivity index (χ2v) is 5.49. The molecule has 1 amide bonds. The molecule has 3 fully saturated rings. The molecule has 1 atom stereocenters. The molecule has 2 nitrogen and oxygen atoms in total. The Kier molecular flexibility index (Phi) is 1.73. The van der Waals surface area contributed by atoms with Crippen molar-refractivity contribution < 1.29 is 13.6 Å². The molecule has 3 saturated carbocycles. The largest absolute Gasteiger partial charge is 0.356 e. The first-order valence-corrected chi connectivity index (χ1v) is 5.66. The third kappa shape index (κ3) is 1.64. The molecule has 0 aromatic rings. The van der Waals surface area contributed by atoms with Crippen molar-refractivity contribution >= 4 is 5.91 Å². The fourth-order valence-electron chi connectivity index (χ4n) is 2.73. The van der Waals surface area contributed by atoms with E-state index in [1.807, 2.05) is 0 Å². The van der Waals surface area contributed by atoms with Gasteiger partial charge in [-0.3, -0.25) is 4.79 Å². The van der Waals surface area contributed by atoms with Gasteiger partial charge < -0.3 is 5.32 Å². The Balaban J connectivity index is 1.38. The molecule has 0 radical (unpaired) electrons. The Labute approximate surface area is 87.4 Å². The van der Waals surface area contributed by atoms with Crippen molar-refractivity contribution in [1.82, 2.24) is 5.32 Å². The van der Waals surface area contributed by atoms with Gasteiger partial charge in [-0.2, -0.15) is 0 Å². The summed E-state index contributed by atoms with van der Waals surface area (Å²) in [5.74, 6) is -2.16. The average molecular weight is 215 g/mol. The predicted molar refractivity (Wildman–Crippen MR) is 50.5 cm³/mol. The van der Waals surface area contributed by atoms with E-state index in [2.05, 4.69) is 5.32 Å². The maximum absolute atomic E-state index is 12.5. The van der Waals surface area contributed by atoms with Crippen LogP contribution in [-0.2, 0) is 4.79 Å². The van der Waals surface area contributed by atoms with Gasteiger partial charge in [-0.05, 0) is 30.6 Å². The monoisotopic (exact) mass is 215 g/mol. The molecule has 0 aromatic carbocycles. The summed E-state index contributed by atoms with van der Waals surface area (Å²) in [4.78, 5) is 11.6. The van der Waals surface area contributed by atoms with Crippen molar-refractivity contribution in [3.8, 4) is 0 Å². The zero-order valence-electron chi connectivity index (χ0n) is 8.56.